The number of para-hydroxylation sites is 1. The Bertz CT molecular complexity index is 1130. The summed E-state index contributed by atoms with van der Waals surface area (Å²) in [6.07, 6.45) is 4.50. The number of nitrogens with one attached hydrogen (secondary N) is 2. The molecule has 144 valence electrons. The highest BCUT2D eigenvalue weighted by Crippen LogP contribution is 2.29. The Hall–Kier alpha value is -3.29. The highest BCUT2D eigenvalue weighted by Gasteiger charge is 2.06. The molecule has 0 unspecified atom stereocenters. The van der Waals surface area contributed by atoms with Crippen LogP contribution >= 0.6 is 23.6 Å². The zero-order valence-electron chi connectivity index (χ0n) is 15.3. The van der Waals surface area contributed by atoms with Gasteiger partial charge in [-0.3, -0.25) is 10.1 Å². The van der Waals surface area contributed by atoms with Gasteiger partial charge in [-0.25, -0.2) is 4.98 Å². The molecule has 4 rings (SSSR count). The Morgan fingerprint density at radius 3 is 2.69 bits per heavy atom. The number of benzene rings is 2. The van der Waals surface area contributed by atoms with Crippen molar-refractivity contribution >= 4 is 50.9 Å². The van der Waals surface area contributed by atoms with E-state index in [4.69, 9.17) is 16.6 Å². The van der Waals surface area contributed by atoms with Gasteiger partial charge in [-0.1, -0.05) is 36.4 Å². The minimum Gasteiger partial charge on any atom is -0.465 e. The molecule has 2 N–H and O–H groups in total. The molecule has 0 fully saturated rings. The van der Waals surface area contributed by atoms with Crippen LogP contribution in [0.3, 0.4) is 0 Å². The van der Waals surface area contributed by atoms with E-state index >= 15 is 0 Å². The van der Waals surface area contributed by atoms with E-state index in [1.165, 1.54) is 10.8 Å². The number of carbonyl (C=O) groups excluding carboxylic acids is 1. The topological polar surface area (TPSA) is 67.2 Å². The van der Waals surface area contributed by atoms with Crippen LogP contribution < -0.4 is 10.6 Å². The van der Waals surface area contributed by atoms with E-state index in [9.17, 15) is 4.79 Å². The highest BCUT2D eigenvalue weighted by molar-refractivity contribution is 7.80. The summed E-state index contributed by atoms with van der Waals surface area (Å²) >= 11 is 6.85. The maximum absolute atomic E-state index is 11.9. The number of rotatable bonds is 5. The van der Waals surface area contributed by atoms with Crippen LogP contribution in [-0.4, -0.2) is 16.0 Å². The summed E-state index contributed by atoms with van der Waals surface area (Å²) in [6, 6.07) is 19.8. The van der Waals surface area contributed by atoms with Crippen molar-refractivity contribution in [3.63, 3.8) is 0 Å². The maximum atomic E-state index is 11.9. The Kier molecular flexibility index (Phi) is 5.79. The van der Waals surface area contributed by atoms with Gasteiger partial charge in [0.1, 0.15) is 10.8 Å². The Labute approximate surface area is 177 Å². The van der Waals surface area contributed by atoms with Gasteiger partial charge in [-0.2, -0.15) is 0 Å². The molecular weight excluding hydrogens is 402 g/mol. The molecular formula is C22H17N3O2S2. The molecule has 5 nitrogen and oxygen atoms in total. The molecule has 0 aliphatic carbocycles. The lowest BCUT2D eigenvalue weighted by Gasteiger charge is -2.08. The smallest absolute Gasteiger partial charge is 0.250 e. The first kappa shape index (κ1) is 19.0. The van der Waals surface area contributed by atoms with Crippen LogP contribution in [-0.2, 0) is 11.3 Å². The number of nitrogens with zero attached hydrogens (tertiary/aromatic N) is 1. The van der Waals surface area contributed by atoms with Crippen molar-refractivity contribution in [2.75, 3.05) is 0 Å². The van der Waals surface area contributed by atoms with Gasteiger partial charge < -0.3 is 9.73 Å². The van der Waals surface area contributed by atoms with E-state index in [0.29, 0.717) is 12.3 Å². The van der Waals surface area contributed by atoms with E-state index in [2.05, 4.69) is 21.7 Å². The van der Waals surface area contributed by atoms with Crippen LogP contribution in [0.5, 0.6) is 0 Å². The molecule has 2 aromatic heterocycles. The molecule has 0 saturated heterocycles. The second-order valence-electron chi connectivity index (χ2n) is 6.20. The average molecular weight is 420 g/mol. The zero-order valence-corrected chi connectivity index (χ0v) is 16.9. The number of amides is 1. The van der Waals surface area contributed by atoms with Crippen LogP contribution in [0.1, 0.15) is 11.3 Å². The summed E-state index contributed by atoms with van der Waals surface area (Å²) in [4.78, 5) is 16.5. The van der Waals surface area contributed by atoms with Gasteiger partial charge in [0.05, 0.1) is 16.5 Å². The molecule has 1 amide bonds. The number of aromatic nitrogens is 1. The Morgan fingerprint density at radius 2 is 1.93 bits per heavy atom. The van der Waals surface area contributed by atoms with Gasteiger partial charge in [0.25, 0.3) is 0 Å². The predicted molar refractivity (Wildman–Crippen MR) is 120 cm³/mol. The number of hydrogen-bond donors (Lipinski definition) is 2. The molecule has 2 aromatic carbocycles. The van der Waals surface area contributed by atoms with Crippen molar-refractivity contribution in [3.8, 4) is 10.6 Å². The normalized spacial score (nSPS) is 11.0. The van der Waals surface area contributed by atoms with Crippen LogP contribution in [0.15, 0.2) is 77.4 Å². The second-order valence-corrected chi connectivity index (χ2v) is 7.64. The molecule has 7 heteroatoms. The first-order valence-electron chi connectivity index (χ1n) is 8.93. The van der Waals surface area contributed by atoms with Gasteiger partial charge in [-0.05, 0) is 48.1 Å². The lowest BCUT2D eigenvalue weighted by atomic mass is 10.1. The van der Waals surface area contributed by atoms with E-state index < -0.39 is 0 Å². The third kappa shape index (κ3) is 4.96. The minimum absolute atomic E-state index is 0.273. The Balaban J connectivity index is 1.30. The number of hydrogen-bond acceptors (Lipinski definition) is 5. The number of thiazole rings is 1. The van der Waals surface area contributed by atoms with Crippen molar-refractivity contribution in [2.24, 2.45) is 0 Å². The number of carbonyl (C=O) groups is 1. The van der Waals surface area contributed by atoms with Crippen molar-refractivity contribution in [1.82, 2.24) is 15.6 Å². The van der Waals surface area contributed by atoms with Crippen molar-refractivity contribution < 1.29 is 9.21 Å². The van der Waals surface area contributed by atoms with E-state index in [0.717, 1.165) is 21.7 Å². The Morgan fingerprint density at radius 1 is 1.10 bits per heavy atom. The number of furan rings is 1. The van der Waals surface area contributed by atoms with Gasteiger partial charge in [0.2, 0.25) is 5.91 Å². The van der Waals surface area contributed by atoms with Gasteiger partial charge in [0.15, 0.2) is 5.11 Å². The van der Waals surface area contributed by atoms with E-state index in [-0.39, 0.29) is 11.0 Å². The van der Waals surface area contributed by atoms with Crippen LogP contribution in [0.4, 0.5) is 0 Å². The fraction of sp³-hybridized carbons (Fsp3) is 0.0455. The predicted octanol–water partition coefficient (Wildman–Crippen LogP) is 4.76. The largest absolute Gasteiger partial charge is 0.465 e. The molecule has 0 aliphatic rings. The lowest BCUT2D eigenvalue weighted by molar-refractivity contribution is -0.115. The van der Waals surface area contributed by atoms with Gasteiger partial charge in [0, 0.05) is 18.2 Å². The molecule has 29 heavy (non-hydrogen) atoms. The summed E-state index contributed by atoms with van der Waals surface area (Å²) < 4.78 is 6.31. The quantitative estimate of drug-likeness (QED) is 0.361. The molecule has 0 saturated carbocycles. The summed E-state index contributed by atoms with van der Waals surface area (Å²) in [5.41, 5.74) is 3.15. The highest BCUT2D eigenvalue weighted by atomic mass is 32.1. The summed E-state index contributed by atoms with van der Waals surface area (Å²) in [6.45, 7) is 0.515. The fourth-order valence-electron chi connectivity index (χ4n) is 2.68. The van der Waals surface area contributed by atoms with E-state index in [1.807, 2.05) is 42.5 Å². The third-order valence-corrected chi connectivity index (χ3v) is 5.46. The molecule has 0 radical (unpaired) electrons. The van der Waals surface area contributed by atoms with Crippen molar-refractivity contribution in [3.05, 3.63) is 84.3 Å². The molecule has 0 bridgehead atoms. The zero-order chi connectivity index (χ0) is 20.1. The van der Waals surface area contributed by atoms with E-state index in [1.54, 1.807) is 35.8 Å². The van der Waals surface area contributed by atoms with Gasteiger partial charge in [-0.15, -0.1) is 11.3 Å². The summed E-state index contributed by atoms with van der Waals surface area (Å²) in [5, 5.41) is 6.91. The molecule has 0 aliphatic heterocycles. The number of thiocarbonyl (C=S) groups is 1. The van der Waals surface area contributed by atoms with Crippen LogP contribution in [0.2, 0.25) is 0 Å². The summed E-state index contributed by atoms with van der Waals surface area (Å²) in [7, 11) is 0. The standard InChI is InChI=1S/C22H17N3O2S2/c26-20(12-11-17-4-3-13-27-17)25-22(28)23-14-15-7-9-16(10-8-15)21-24-18-5-1-2-6-19(18)29-21/h1-13H,14H2,(H2,23,25,26,28). The summed E-state index contributed by atoms with van der Waals surface area (Å²) in [5.74, 6) is 0.289. The second kappa shape index (κ2) is 8.81. The maximum Gasteiger partial charge on any atom is 0.250 e. The average Bonchev–Trinajstić information content (AvgIpc) is 3.40. The third-order valence-electron chi connectivity index (χ3n) is 4.13. The lowest BCUT2D eigenvalue weighted by Crippen LogP contribution is -2.37. The van der Waals surface area contributed by atoms with Gasteiger partial charge >= 0.3 is 0 Å². The fourth-order valence-corrected chi connectivity index (χ4v) is 3.83. The molecule has 0 atom stereocenters. The SMILES string of the molecule is O=C(C=Cc1ccco1)NC(=S)NCc1ccc(-c2nc3ccccc3s2)cc1. The molecule has 0 spiro atoms. The molecule has 4 aromatic rings. The molecule has 2 heterocycles. The first-order chi connectivity index (χ1) is 14.2. The van der Waals surface area contributed by atoms with Crippen LogP contribution in [0.25, 0.3) is 26.9 Å². The van der Waals surface area contributed by atoms with Crippen LogP contribution in [0, 0.1) is 0 Å². The monoisotopic (exact) mass is 419 g/mol. The minimum atomic E-state index is -0.315. The van der Waals surface area contributed by atoms with Crippen molar-refractivity contribution in [1.29, 1.82) is 0 Å². The number of fused-ring (bicyclic) bond motifs is 1. The first-order valence-corrected chi connectivity index (χ1v) is 10.2. The van der Waals surface area contributed by atoms with Crippen molar-refractivity contribution in [2.45, 2.75) is 6.54 Å².